The molecule has 2 aliphatic rings. The van der Waals surface area contributed by atoms with E-state index in [2.05, 4.69) is 14.5 Å². The fourth-order valence-electron chi connectivity index (χ4n) is 2.86. The molecular formula is C11H16ClN3OS. The van der Waals surface area contributed by atoms with E-state index in [1.54, 1.807) is 0 Å². The number of ether oxygens (including phenoxy) is 1. The van der Waals surface area contributed by atoms with Crippen LogP contribution in [0.4, 0.5) is 0 Å². The third-order valence-corrected chi connectivity index (χ3v) is 4.69. The van der Waals surface area contributed by atoms with Gasteiger partial charge in [-0.05, 0) is 12.8 Å². The summed E-state index contributed by atoms with van der Waals surface area (Å²) < 4.78 is 10.5. The number of hydrogen-bond acceptors (Lipinski definition) is 5. The number of rotatable bonds is 2. The van der Waals surface area contributed by atoms with Crippen molar-refractivity contribution in [2.45, 2.75) is 44.4 Å². The summed E-state index contributed by atoms with van der Waals surface area (Å²) in [6.07, 6.45) is 5.46. The molecule has 17 heavy (non-hydrogen) atoms. The van der Waals surface area contributed by atoms with Gasteiger partial charge in [-0.1, -0.05) is 28.9 Å². The molecule has 3 rings (SSSR count). The highest BCUT2D eigenvalue weighted by Crippen LogP contribution is 2.30. The molecule has 1 aliphatic carbocycles. The molecule has 1 saturated heterocycles. The SMILES string of the molecule is Clc1snnc1CN1CCOC2CCCCC21. The maximum atomic E-state index is 6.07. The molecule has 4 nitrogen and oxygen atoms in total. The van der Waals surface area contributed by atoms with Gasteiger partial charge in [0.25, 0.3) is 0 Å². The van der Waals surface area contributed by atoms with Crippen LogP contribution in [0.1, 0.15) is 31.4 Å². The Morgan fingerprint density at radius 2 is 2.29 bits per heavy atom. The van der Waals surface area contributed by atoms with Crippen LogP contribution in [-0.2, 0) is 11.3 Å². The molecule has 0 bridgehead atoms. The summed E-state index contributed by atoms with van der Waals surface area (Å²) in [4.78, 5) is 2.47. The highest BCUT2D eigenvalue weighted by Gasteiger charge is 2.34. The Labute approximate surface area is 110 Å². The maximum absolute atomic E-state index is 6.07. The third kappa shape index (κ3) is 2.47. The smallest absolute Gasteiger partial charge is 0.138 e. The Kier molecular flexibility index (Phi) is 3.61. The summed E-state index contributed by atoms with van der Waals surface area (Å²) in [5.41, 5.74) is 0.919. The van der Waals surface area contributed by atoms with E-state index in [0.29, 0.717) is 12.1 Å². The first-order valence-corrected chi connectivity index (χ1v) is 7.32. The van der Waals surface area contributed by atoms with Gasteiger partial charge in [-0.3, -0.25) is 4.90 Å². The van der Waals surface area contributed by atoms with Gasteiger partial charge in [-0.25, -0.2) is 0 Å². The fraction of sp³-hybridized carbons (Fsp3) is 0.818. The van der Waals surface area contributed by atoms with Gasteiger partial charge in [0, 0.05) is 30.7 Å². The second-order valence-electron chi connectivity index (χ2n) is 4.72. The predicted molar refractivity (Wildman–Crippen MR) is 67.3 cm³/mol. The van der Waals surface area contributed by atoms with E-state index in [-0.39, 0.29) is 0 Å². The van der Waals surface area contributed by atoms with Gasteiger partial charge >= 0.3 is 0 Å². The van der Waals surface area contributed by atoms with E-state index in [9.17, 15) is 0 Å². The number of aromatic nitrogens is 2. The Bertz CT molecular complexity index is 385. The molecule has 0 spiro atoms. The monoisotopic (exact) mass is 273 g/mol. The third-order valence-electron chi connectivity index (χ3n) is 3.71. The Balaban J connectivity index is 1.71. The van der Waals surface area contributed by atoms with Crippen molar-refractivity contribution < 1.29 is 4.74 Å². The van der Waals surface area contributed by atoms with Crippen molar-refractivity contribution in [2.24, 2.45) is 0 Å². The molecule has 2 unspecified atom stereocenters. The van der Waals surface area contributed by atoms with Crippen molar-refractivity contribution in [3.63, 3.8) is 0 Å². The highest BCUT2D eigenvalue weighted by molar-refractivity contribution is 7.10. The van der Waals surface area contributed by atoms with E-state index < -0.39 is 0 Å². The van der Waals surface area contributed by atoms with Crippen molar-refractivity contribution in [1.29, 1.82) is 0 Å². The van der Waals surface area contributed by atoms with E-state index >= 15 is 0 Å². The molecule has 0 aromatic carbocycles. The summed E-state index contributed by atoms with van der Waals surface area (Å²) in [6.45, 7) is 2.63. The molecule has 2 atom stereocenters. The minimum absolute atomic E-state index is 0.419. The lowest BCUT2D eigenvalue weighted by atomic mass is 9.90. The van der Waals surface area contributed by atoms with Crippen LogP contribution in [-0.4, -0.2) is 39.8 Å². The average Bonchev–Trinajstić information content (AvgIpc) is 2.76. The molecule has 94 valence electrons. The zero-order chi connectivity index (χ0) is 11.7. The zero-order valence-electron chi connectivity index (χ0n) is 9.64. The summed E-state index contributed by atoms with van der Waals surface area (Å²) in [5, 5.41) is 4.10. The topological polar surface area (TPSA) is 38.2 Å². The normalized spacial score (nSPS) is 30.2. The van der Waals surface area contributed by atoms with Gasteiger partial charge in [0.1, 0.15) is 10.0 Å². The van der Waals surface area contributed by atoms with Crippen LogP contribution in [0.3, 0.4) is 0 Å². The standard InChI is InChI=1S/C11H16ClN3OS/c12-11-8(13-14-17-11)7-15-5-6-16-10-4-2-1-3-9(10)15/h9-10H,1-7H2. The van der Waals surface area contributed by atoms with Crippen molar-refractivity contribution >= 4 is 23.1 Å². The molecule has 2 heterocycles. The highest BCUT2D eigenvalue weighted by atomic mass is 35.5. The summed E-state index contributed by atoms with van der Waals surface area (Å²) >= 11 is 7.34. The average molecular weight is 274 g/mol. The van der Waals surface area contributed by atoms with Crippen LogP contribution in [0, 0.1) is 0 Å². The number of nitrogens with zero attached hydrogens (tertiary/aromatic N) is 3. The predicted octanol–water partition coefficient (Wildman–Crippen LogP) is 2.33. The first-order valence-electron chi connectivity index (χ1n) is 6.17. The van der Waals surface area contributed by atoms with Crippen LogP contribution < -0.4 is 0 Å². The van der Waals surface area contributed by atoms with E-state index in [1.807, 2.05) is 0 Å². The maximum Gasteiger partial charge on any atom is 0.138 e. The van der Waals surface area contributed by atoms with Gasteiger partial charge in [-0.15, -0.1) is 5.10 Å². The van der Waals surface area contributed by atoms with Crippen LogP contribution in [0.2, 0.25) is 4.34 Å². The molecule has 0 radical (unpaired) electrons. The van der Waals surface area contributed by atoms with Gasteiger partial charge in [0.05, 0.1) is 12.7 Å². The van der Waals surface area contributed by atoms with Crippen LogP contribution in [0.15, 0.2) is 0 Å². The van der Waals surface area contributed by atoms with Gasteiger partial charge < -0.3 is 4.74 Å². The number of morpholine rings is 1. The Hall–Kier alpha value is -0.230. The molecule has 2 fully saturated rings. The van der Waals surface area contributed by atoms with Gasteiger partial charge in [-0.2, -0.15) is 0 Å². The van der Waals surface area contributed by atoms with Gasteiger partial charge in [0.2, 0.25) is 0 Å². The molecule has 6 heteroatoms. The Morgan fingerprint density at radius 1 is 1.41 bits per heavy atom. The number of fused-ring (bicyclic) bond motifs is 1. The number of halogens is 1. The van der Waals surface area contributed by atoms with E-state index in [0.717, 1.165) is 29.7 Å². The molecule has 0 amide bonds. The molecule has 1 aliphatic heterocycles. The zero-order valence-corrected chi connectivity index (χ0v) is 11.2. The van der Waals surface area contributed by atoms with Crippen LogP contribution in [0.25, 0.3) is 0 Å². The summed E-state index contributed by atoms with van der Waals surface area (Å²) in [7, 11) is 0. The van der Waals surface area contributed by atoms with Crippen LogP contribution >= 0.6 is 23.1 Å². The molecular weight excluding hydrogens is 258 g/mol. The second-order valence-corrected chi connectivity index (χ2v) is 6.08. The van der Waals surface area contributed by atoms with Crippen molar-refractivity contribution in [1.82, 2.24) is 14.5 Å². The van der Waals surface area contributed by atoms with E-state index in [1.165, 1.54) is 37.2 Å². The lowest BCUT2D eigenvalue weighted by Crippen LogP contribution is -2.52. The van der Waals surface area contributed by atoms with Crippen LogP contribution in [0.5, 0.6) is 0 Å². The van der Waals surface area contributed by atoms with Crippen molar-refractivity contribution in [3.8, 4) is 0 Å². The Morgan fingerprint density at radius 3 is 3.12 bits per heavy atom. The minimum atomic E-state index is 0.419. The molecule has 1 saturated carbocycles. The molecule has 0 N–H and O–H groups in total. The first kappa shape index (κ1) is 11.8. The largest absolute Gasteiger partial charge is 0.375 e. The first-order chi connectivity index (χ1) is 8.34. The summed E-state index contributed by atoms with van der Waals surface area (Å²) in [5.74, 6) is 0. The lowest BCUT2D eigenvalue weighted by Gasteiger charge is -2.43. The summed E-state index contributed by atoms with van der Waals surface area (Å²) in [6, 6.07) is 0.551. The quantitative estimate of drug-likeness (QED) is 0.829. The van der Waals surface area contributed by atoms with Gasteiger partial charge in [0.15, 0.2) is 0 Å². The fourth-order valence-corrected chi connectivity index (χ4v) is 3.47. The molecule has 1 aromatic rings. The molecule has 1 aromatic heterocycles. The van der Waals surface area contributed by atoms with E-state index in [4.69, 9.17) is 16.3 Å². The van der Waals surface area contributed by atoms with Crippen molar-refractivity contribution in [2.75, 3.05) is 13.2 Å². The number of hydrogen-bond donors (Lipinski definition) is 0. The van der Waals surface area contributed by atoms with Crippen molar-refractivity contribution in [3.05, 3.63) is 10.0 Å². The lowest BCUT2D eigenvalue weighted by molar-refractivity contribution is -0.0914. The minimum Gasteiger partial charge on any atom is -0.375 e. The second kappa shape index (κ2) is 5.18.